The lowest BCUT2D eigenvalue weighted by Gasteiger charge is -2.21. The molecule has 1 aromatic carbocycles. The predicted octanol–water partition coefficient (Wildman–Crippen LogP) is 4.36. The van der Waals surface area contributed by atoms with Crippen LogP contribution in [0.25, 0.3) is 0 Å². The van der Waals surface area contributed by atoms with Crippen LogP contribution >= 0.6 is 11.6 Å². The first-order chi connectivity index (χ1) is 14.9. The molecule has 1 saturated heterocycles. The number of anilines is 1. The number of carbonyl (C=O) groups excluding carboxylic acids is 2. The molecular formula is C22H31ClN2O5S. The largest absolute Gasteiger partial charge is 0.456 e. The van der Waals surface area contributed by atoms with Gasteiger partial charge >= 0.3 is 5.97 Å². The molecule has 3 rings (SSSR count). The smallest absolute Gasteiger partial charge is 0.306 e. The molecular weight excluding hydrogens is 440 g/mol. The quantitative estimate of drug-likeness (QED) is 0.598. The molecule has 1 N–H and O–H groups in total. The van der Waals surface area contributed by atoms with E-state index in [2.05, 4.69) is 5.32 Å². The Kier molecular flexibility index (Phi) is 8.75. The Morgan fingerprint density at radius 2 is 1.68 bits per heavy atom. The number of nitrogens with zero attached hydrogens (tertiary/aromatic N) is 1. The Hall–Kier alpha value is -1.64. The Morgan fingerprint density at radius 3 is 2.35 bits per heavy atom. The van der Waals surface area contributed by atoms with E-state index in [-0.39, 0.29) is 21.6 Å². The van der Waals surface area contributed by atoms with Crippen molar-refractivity contribution in [2.24, 2.45) is 5.92 Å². The van der Waals surface area contributed by atoms with Crippen LogP contribution in [0.15, 0.2) is 23.1 Å². The monoisotopic (exact) mass is 470 g/mol. The lowest BCUT2D eigenvalue weighted by atomic mass is 9.87. The number of sulfonamides is 1. The maximum atomic E-state index is 13.0. The van der Waals surface area contributed by atoms with Crippen molar-refractivity contribution >= 4 is 39.2 Å². The highest BCUT2D eigenvalue weighted by Crippen LogP contribution is 2.29. The van der Waals surface area contributed by atoms with Crippen LogP contribution in [-0.2, 0) is 24.3 Å². The fraction of sp³-hybridized carbons (Fsp3) is 0.636. The fourth-order valence-electron chi connectivity index (χ4n) is 4.21. The molecule has 1 saturated carbocycles. The molecule has 2 aliphatic rings. The minimum absolute atomic E-state index is 0.0865. The molecule has 0 unspecified atom stereocenters. The van der Waals surface area contributed by atoms with Crippen molar-refractivity contribution in [2.75, 3.05) is 25.0 Å². The van der Waals surface area contributed by atoms with Crippen molar-refractivity contribution in [2.45, 2.75) is 69.1 Å². The first-order valence-corrected chi connectivity index (χ1v) is 12.9. The number of hydrogen-bond donors (Lipinski definition) is 1. The molecule has 172 valence electrons. The molecule has 7 nitrogen and oxygen atoms in total. The third-order valence-corrected chi connectivity index (χ3v) is 8.18. The van der Waals surface area contributed by atoms with Crippen LogP contribution in [0.3, 0.4) is 0 Å². The Balaban J connectivity index is 1.58. The summed E-state index contributed by atoms with van der Waals surface area (Å²) in [4.78, 5) is 24.4. The highest BCUT2D eigenvalue weighted by Gasteiger charge is 2.26. The second-order valence-corrected chi connectivity index (χ2v) is 10.7. The van der Waals surface area contributed by atoms with E-state index in [1.54, 1.807) is 0 Å². The molecule has 1 aromatic rings. The molecule has 1 heterocycles. The summed E-state index contributed by atoms with van der Waals surface area (Å²) in [6, 6.07) is 4.27. The normalized spacial score (nSPS) is 18.9. The molecule has 0 aromatic heterocycles. The molecule has 0 radical (unpaired) electrons. The molecule has 1 aliphatic carbocycles. The topological polar surface area (TPSA) is 92.8 Å². The van der Waals surface area contributed by atoms with Crippen LogP contribution in [0, 0.1) is 5.92 Å². The summed E-state index contributed by atoms with van der Waals surface area (Å²) >= 11 is 6.16. The summed E-state index contributed by atoms with van der Waals surface area (Å²) in [6.45, 7) is 0.554. The molecule has 9 heteroatoms. The Labute approximate surface area is 189 Å². The number of esters is 1. The third kappa shape index (κ3) is 6.92. The fourth-order valence-corrected chi connectivity index (χ4v) is 5.92. The molecule has 0 bridgehead atoms. The van der Waals surface area contributed by atoms with Crippen LogP contribution in [0.2, 0.25) is 5.02 Å². The number of benzene rings is 1. The van der Waals surface area contributed by atoms with Gasteiger partial charge in [0.2, 0.25) is 10.0 Å². The second kappa shape index (κ2) is 11.3. The van der Waals surface area contributed by atoms with E-state index in [1.807, 2.05) is 0 Å². The SMILES string of the molecule is O=C(COC(=O)CC1CCCCC1)Nc1cc(S(=O)(=O)N2CCCCCC2)ccc1Cl. The van der Waals surface area contributed by atoms with E-state index >= 15 is 0 Å². The van der Waals surface area contributed by atoms with Crippen molar-refractivity contribution in [1.82, 2.24) is 4.31 Å². The van der Waals surface area contributed by atoms with Crippen molar-refractivity contribution in [3.63, 3.8) is 0 Å². The highest BCUT2D eigenvalue weighted by atomic mass is 35.5. The lowest BCUT2D eigenvalue weighted by Crippen LogP contribution is -2.32. The summed E-state index contributed by atoms with van der Waals surface area (Å²) in [5.41, 5.74) is 0.186. The predicted molar refractivity (Wildman–Crippen MR) is 119 cm³/mol. The van der Waals surface area contributed by atoms with E-state index in [0.29, 0.717) is 25.4 Å². The van der Waals surface area contributed by atoms with Gasteiger partial charge in [0.05, 0.1) is 15.6 Å². The number of nitrogens with one attached hydrogen (secondary N) is 1. The number of amides is 1. The molecule has 2 fully saturated rings. The highest BCUT2D eigenvalue weighted by molar-refractivity contribution is 7.89. The molecule has 1 aliphatic heterocycles. The molecule has 1 amide bonds. The second-order valence-electron chi connectivity index (χ2n) is 8.38. The number of rotatable bonds is 7. The zero-order valence-corrected chi connectivity index (χ0v) is 19.3. The molecule has 0 atom stereocenters. The average molecular weight is 471 g/mol. The number of hydrogen-bond acceptors (Lipinski definition) is 5. The maximum absolute atomic E-state index is 13.0. The van der Waals surface area contributed by atoms with E-state index in [9.17, 15) is 18.0 Å². The van der Waals surface area contributed by atoms with Crippen molar-refractivity contribution < 1.29 is 22.7 Å². The summed E-state index contributed by atoms with van der Waals surface area (Å²) < 4.78 is 32.6. The first kappa shape index (κ1) is 24.0. The van der Waals surface area contributed by atoms with Gasteiger partial charge in [-0.05, 0) is 49.8 Å². The summed E-state index contributed by atoms with van der Waals surface area (Å²) in [5, 5.41) is 2.79. The lowest BCUT2D eigenvalue weighted by molar-refractivity contribution is -0.148. The minimum Gasteiger partial charge on any atom is -0.456 e. The summed E-state index contributed by atoms with van der Waals surface area (Å²) in [5.74, 6) is -0.603. The van der Waals surface area contributed by atoms with Crippen molar-refractivity contribution in [1.29, 1.82) is 0 Å². The maximum Gasteiger partial charge on any atom is 0.306 e. The van der Waals surface area contributed by atoms with Gasteiger partial charge in [-0.3, -0.25) is 9.59 Å². The number of ether oxygens (including phenoxy) is 1. The van der Waals surface area contributed by atoms with E-state index in [4.69, 9.17) is 16.3 Å². The zero-order valence-electron chi connectivity index (χ0n) is 17.8. The van der Waals surface area contributed by atoms with Crippen LogP contribution in [0.1, 0.15) is 64.2 Å². The first-order valence-electron chi connectivity index (χ1n) is 11.1. The van der Waals surface area contributed by atoms with Gasteiger partial charge in [-0.15, -0.1) is 0 Å². The minimum atomic E-state index is -3.66. The van der Waals surface area contributed by atoms with Crippen LogP contribution in [0.4, 0.5) is 5.69 Å². The van der Waals surface area contributed by atoms with Crippen LogP contribution in [0.5, 0.6) is 0 Å². The summed E-state index contributed by atoms with van der Waals surface area (Å²) in [7, 11) is -3.66. The third-order valence-electron chi connectivity index (χ3n) is 5.96. The van der Waals surface area contributed by atoms with Gasteiger partial charge < -0.3 is 10.1 Å². The number of carbonyl (C=O) groups is 2. The van der Waals surface area contributed by atoms with Gasteiger partial charge in [-0.25, -0.2) is 8.42 Å². The van der Waals surface area contributed by atoms with Crippen LogP contribution < -0.4 is 5.32 Å². The standard InChI is InChI=1S/C22H31ClN2O5S/c23-19-11-10-18(31(28,29)25-12-6-1-2-7-13-25)15-20(19)24-21(26)16-30-22(27)14-17-8-4-3-5-9-17/h10-11,15,17H,1-9,12-14,16H2,(H,24,26). The van der Waals surface area contributed by atoms with Gasteiger partial charge in [0, 0.05) is 19.5 Å². The average Bonchev–Trinajstić information content (AvgIpc) is 3.05. The zero-order chi connectivity index (χ0) is 22.3. The van der Waals surface area contributed by atoms with Gasteiger partial charge in [0.1, 0.15) is 0 Å². The van der Waals surface area contributed by atoms with Crippen molar-refractivity contribution in [3.05, 3.63) is 23.2 Å². The van der Waals surface area contributed by atoms with Gasteiger partial charge in [-0.2, -0.15) is 4.31 Å². The van der Waals surface area contributed by atoms with Gasteiger partial charge in [0.25, 0.3) is 5.91 Å². The number of halogens is 1. The molecule has 31 heavy (non-hydrogen) atoms. The van der Waals surface area contributed by atoms with Gasteiger partial charge in [0.15, 0.2) is 6.61 Å². The van der Waals surface area contributed by atoms with E-state index in [1.165, 1.54) is 28.9 Å². The Morgan fingerprint density at radius 1 is 1.03 bits per heavy atom. The molecule has 0 spiro atoms. The Bertz CT molecular complexity index is 876. The van der Waals surface area contributed by atoms with Crippen LogP contribution in [-0.4, -0.2) is 44.3 Å². The van der Waals surface area contributed by atoms with Crippen molar-refractivity contribution in [3.8, 4) is 0 Å². The van der Waals surface area contributed by atoms with Gasteiger partial charge in [-0.1, -0.05) is 43.7 Å². The van der Waals surface area contributed by atoms with E-state index in [0.717, 1.165) is 51.4 Å². The van der Waals surface area contributed by atoms with E-state index < -0.39 is 22.5 Å². The summed E-state index contributed by atoms with van der Waals surface area (Å²) in [6.07, 6.45) is 9.57.